The molecule has 0 saturated heterocycles. The number of rotatable bonds is 6. The first-order valence-electron chi connectivity index (χ1n) is 12.0. The van der Waals surface area contributed by atoms with Crippen molar-refractivity contribution in [3.63, 3.8) is 0 Å². The van der Waals surface area contributed by atoms with E-state index < -0.39 is 10.0 Å². The monoisotopic (exact) mass is 538 g/mol. The largest absolute Gasteiger partial charge is 0.417 e. The minimum atomic E-state index is -3.86. The second-order valence-electron chi connectivity index (χ2n) is 9.00. The van der Waals surface area contributed by atoms with Gasteiger partial charge in [0.1, 0.15) is 0 Å². The van der Waals surface area contributed by atoms with Crippen molar-refractivity contribution in [3.05, 3.63) is 107 Å². The highest BCUT2D eigenvalue weighted by Crippen LogP contribution is 2.35. The lowest BCUT2D eigenvalue weighted by atomic mass is 9.90. The lowest BCUT2D eigenvalue weighted by Gasteiger charge is -2.25. The van der Waals surface area contributed by atoms with Crippen LogP contribution < -0.4 is 10.5 Å². The number of fused-ring (bicyclic) bond motifs is 1. The molecule has 6 rings (SSSR count). The Labute approximate surface area is 223 Å². The molecule has 4 N–H and O–H groups in total. The first kappa shape index (κ1) is 24.5. The molecule has 1 amide bonds. The Hall–Kier alpha value is -4.87. The molecule has 0 radical (unpaired) electrons. The fourth-order valence-electron chi connectivity index (χ4n) is 4.61. The molecule has 0 saturated carbocycles. The van der Waals surface area contributed by atoms with Crippen molar-refractivity contribution in [2.75, 3.05) is 0 Å². The smallest absolute Gasteiger partial charge is 0.252 e. The third-order valence-electron chi connectivity index (χ3n) is 6.48. The molecule has 1 atom stereocenters. The van der Waals surface area contributed by atoms with Crippen LogP contribution in [0.5, 0.6) is 0 Å². The Morgan fingerprint density at radius 3 is 2.41 bits per heavy atom. The topological polar surface area (TPSA) is 157 Å². The van der Waals surface area contributed by atoms with Crippen LogP contribution in [0.4, 0.5) is 0 Å². The van der Waals surface area contributed by atoms with E-state index in [0.29, 0.717) is 40.4 Å². The summed E-state index contributed by atoms with van der Waals surface area (Å²) in [7, 11) is -3.86. The zero-order valence-electron chi connectivity index (χ0n) is 20.4. The molecule has 1 aliphatic rings. The van der Waals surface area contributed by atoms with E-state index in [4.69, 9.17) is 9.56 Å². The number of carbonyl (C=O) groups excluding carboxylic acids is 1. The van der Waals surface area contributed by atoms with Crippen molar-refractivity contribution in [2.45, 2.75) is 17.4 Å². The van der Waals surface area contributed by atoms with Gasteiger partial charge in [-0.3, -0.25) is 9.89 Å². The summed E-state index contributed by atoms with van der Waals surface area (Å²) < 4.78 is 29.4. The minimum Gasteiger partial charge on any atom is -0.417 e. The Bertz CT molecular complexity index is 1810. The zero-order chi connectivity index (χ0) is 27.0. The van der Waals surface area contributed by atoms with E-state index in [-0.39, 0.29) is 22.7 Å². The van der Waals surface area contributed by atoms with Gasteiger partial charge in [0, 0.05) is 22.8 Å². The summed E-state index contributed by atoms with van der Waals surface area (Å²) in [5.74, 6) is 0.498. The van der Waals surface area contributed by atoms with Crippen molar-refractivity contribution >= 4 is 28.1 Å². The zero-order valence-corrected chi connectivity index (χ0v) is 21.2. The van der Waals surface area contributed by atoms with Crippen LogP contribution >= 0.6 is 0 Å². The molecule has 3 heterocycles. The number of aromatic amines is 1. The predicted molar refractivity (Wildman–Crippen MR) is 144 cm³/mol. The molecule has 1 aliphatic heterocycles. The Kier molecular flexibility index (Phi) is 6.14. The van der Waals surface area contributed by atoms with Gasteiger partial charge in [-0.25, -0.2) is 13.6 Å². The maximum Gasteiger partial charge on any atom is 0.252 e. The lowest BCUT2D eigenvalue weighted by molar-refractivity contribution is 0.0924. The summed E-state index contributed by atoms with van der Waals surface area (Å²) in [6.45, 7) is 0. The van der Waals surface area contributed by atoms with Gasteiger partial charge in [0.15, 0.2) is 0 Å². The van der Waals surface area contributed by atoms with E-state index in [1.165, 1.54) is 12.1 Å². The standard InChI is InChI=1S/C28H22N6O4S/c29-39(36,37)20-12-10-17(11-13-20)25-22(14-15-24-32-34-28(38-24)18-6-2-1-3-7-18)31-33-26(25)23-16-19-8-4-5-9-21(19)27(35)30-23/h1-15,23H,16H2,(H,30,35)(H,31,33)(H2,29,36,37)/b15-14+. The number of nitrogens with zero attached hydrogens (tertiary/aromatic N) is 3. The Balaban J connectivity index is 1.39. The summed E-state index contributed by atoms with van der Waals surface area (Å²) in [5, 5.41) is 24.1. The molecule has 194 valence electrons. The van der Waals surface area contributed by atoms with Crippen molar-refractivity contribution in [1.82, 2.24) is 25.7 Å². The molecule has 3 aromatic carbocycles. The SMILES string of the molecule is NS(=O)(=O)c1ccc(-c2c(/C=C/c3nnc(-c4ccccc4)o3)n[nH]c2C2Cc3ccccc3C(=O)N2)cc1. The van der Waals surface area contributed by atoms with Gasteiger partial charge in [-0.1, -0.05) is 48.5 Å². The highest BCUT2D eigenvalue weighted by molar-refractivity contribution is 7.89. The molecule has 2 aromatic heterocycles. The molecule has 5 aromatic rings. The van der Waals surface area contributed by atoms with Gasteiger partial charge in [-0.05, 0) is 54.0 Å². The number of hydrogen-bond donors (Lipinski definition) is 3. The second-order valence-corrected chi connectivity index (χ2v) is 10.6. The number of benzene rings is 3. The number of primary sulfonamides is 1. The van der Waals surface area contributed by atoms with E-state index in [2.05, 4.69) is 25.7 Å². The number of nitrogens with one attached hydrogen (secondary N) is 2. The lowest BCUT2D eigenvalue weighted by Crippen LogP contribution is -2.35. The molecule has 0 spiro atoms. The van der Waals surface area contributed by atoms with Crippen LogP contribution in [0.15, 0.2) is 88.2 Å². The van der Waals surface area contributed by atoms with E-state index in [0.717, 1.165) is 11.1 Å². The van der Waals surface area contributed by atoms with Crippen LogP contribution in [0.2, 0.25) is 0 Å². The van der Waals surface area contributed by atoms with Crippen molar-refractivity contribution in [1.29, 1.82) is 0 Å². The normalized spacial score (nSPS) is 15.3. The third kappa shape index (κ3) is 4.88. The number of aromatic nitrogens is 4. The summed E-state index contributed by atoms with van der Waals surface area (Å²) in [6.07, 6.45) is 3.93. The summed E-state index contributed by atoms with van der Waals surface area (Å²) in [5.41, 5.74) is 4.97. The van der Waals surface area contributed by atoms with Crippen LogP contribution in [-0.4, -0.2) is 34.7 Å². The number of amides is 1. The molecular formula is C28H22N6O4S. The molecular weight excluding hydrogens is 516 g/mol. The first-order valence-corrected chi connectivity index (χ1v) is 13.6. The first-order chi connectivity index (χ1) is 18.9. The van der Waals surface area contributed by atoms with E-state index >= 15 is 0 Å². The third-order valence-corrected chi connectivity index (χ3v) is 7.41. The number of H-pyrrole nitrogens is 1. The fraction of sp³-hybridized carbons (Fsp3) is 0.0714. The van der Waals surface area contributed by atoms with Gasteiger partial charge >= 0.3 is 0 Å². The van der Waals surface area contributed by atoms with Gasteiger partial charge in [-0.15, -0.1) is 10.2 Å². The van der Waals surface area contributed by atoms with Gasteiger partial charge in [-0.2, -0.15) is 5.10 Å². The summed E-state index contributed by atoms with van der Waals surface area (Å²) in [4.78, 5) is 12.8. The molecule has 0 aliphatic carbocycles. The molecule has 1 unspecified atom stereocenters. The molecule has 39 heavy (non-hydrogen) atoms. The maximum atomic E-state index is 12.8. The van der Waals surface area contributed by atoms with Gasteiger partial charge in [0.05, 0.1) is 22.3 Å². The van der Waals surface area contributed by atoms with Crippen molar-refractivity contribution < 1.29 is 17.6 Å². The van der Waals surface area contributed by atoms with Crippen molar-refractivity contribution in [3.8, 4) is 22.6 Å². The van der Waals surface area contributed by atoms with Gasteiger partial charge in [0.2, 0.25) is 21.8 Å². The molecule has 11 heteroatoms. The fourth-order valence-corrected chi connectivity index (χ4v) is 5.12. The van der Waals surface area contributed by atoms with Gasteiger partial charge < -0.3 is 9.73 Å². The van der Waals surface area contributed by atoms with Gasteiger partial charge in [0.25, 0.3) is 5.91 Å². The average molecular weight is 539 g/mol. The number of carbonyl (C=O) groups is 1. The van der Waals surface area contributed by atoms with Crippen LogP contribution in [0.25, 0.3) is 34.7 Å². The van der Waals surface area contributed by atoms with Crippen LogP contribution in [-0.2, 0) is 16.4 Å². The highest BCUT2D eigenvalue weighted by atomic mass is 32.2. The van der Waals surface area contributed by atoms with Crippen molar-refractivity contribution in [2.24, 2.45) is 5.14 Å². The Morgan fingerprint density at radius 1 is 0.897 bits per heavy atom. The maximum absolute atomic E-state index is 12.8. The molecule has 0 bridgehead atoms. The Morgan fingerprint density at radius 2 is 1.64 bits per heavy atom. The average Bonchev–Trinajstić information content (AvgIpc) is 3.59. The summed E-state index contributed by atoms with van der Waals surface area (Å²) >= 11 is 0. The van der Waals surface area contributed by atoms with Crippen LogP contribution in [0, 0.1) is 0 Å². The quantitative estimate of drug-likeness (QED) is 0.295. The molecule has 10 nitrogen and oxygen atoms in total. The van der Waals surface area contributed by atoms with E-state index in [1.54, 1.807) is 30.4 Å². The second kappa shape index (κ2) is 9.78. The van der Waals surface area contributed by atoms with E-state index in [1.807, 2.05) is 48.5 Å². The predicted octanol–water partition coefficient (Wildman–Crippen LogP) is 3.97. The number of sulfonamides is 1. The van der Waals surface area contributed by atoms with E-state index in [9.17, 15) is 13.2 Å². The number of hydrogen-bond acceptors (Lipinski definition) is 7. The summed E-state index contributed by atoms with van der Waals surface area (Å²) in [6, 6.07) is 22.7. The minimum absolute atomic E-state index is 0.00687. The highest BCUT2D eigenvalue weighted by Gasteiger charge is 2.29. The number of nitrogens with two attached hydrogens (primary N) is 1. The molecule has 0 fully saturated rings. The van der Waals surface area contributed by atoms with Crippen LogP contribution in [0.3, 0.4) is 0 Å². The van der Waals surface area contributed by atoms with Crippen LogP contribution in [0.1, 0.15) is 39.2 Å².